The zero-order valence-corrected chi connectivity index (χ0v) is 16.3. The lowest BCUT2D eigenvalue weighted by atomic mass is 10.2. The molecule has 28 heavy (non-hydrogen) atoms. The van der Waals surface area contributed by atoms with Gasteiger partial charge in [-0.3, -0.25) is 14.9 Å². The maximum atomic E-state index is 12.3. The third kappa shape index (κ3) is 4.37. The van der Waals surface area contributed by atoms with Crippen LogP contribution in [0.25, 0.3) is 11.4 Å². The van der Waals surface area contributed by atoms with Crippen molar-refractivity contribution >= 4 is 29.0 Å². The maximum Gasteiger partial charge on any atom is 0.269 e. The van der Waals surface area contributed by atoms with Gasteiger partial charge in [0.2, 0.25) is 5.91 Å². The monoisotopic (exact) mass is 397 g/mol. The molecule has 9 heteroatoms. The summed E-state index contributed by atoms with van der Waals surface area (Å²) >= 11 is 1.30. The molecule has 1 N–H and O–H groups in total. The average molecular weight is 397 g/mol. The lowest BCUT2D eigenvalue weighted by Gasteiger charge is -2.09. The molecule has 8 nitrogen and oxygen atoms in total. The second-order valence-corrected chi connectivity index (χ2v) is 6.95. The Morgan fingerprint density at radius 3 is 2.61 bits per heavy atom. The molecule has 3 aromatic rings. The summed E-state index contributed by atoms with van der Waals surface area (Å²) in [5.41, 5.74) is 2.15. The molecule has 0 spiro atoms. The highest BCUT2D eigenvalue weighted by molar-refractivity contribution is 7.99. The number of nitro benzene ring substituents is 1. The van der Waals surface area contributed by atoms with Crippen molar-refractivity contribution in [3.8, 4) is 11.4 Å². The van der Waals surface area contributed by atoms with E-state index in [4.69, 9.17) is 0 Å². The van der Waals surface area contributed by atoms with E-state index in [1.54, 1.807) is 6.92 Å². The van der Waals surface area contributed by atoms with E-state index in [2.05, 4.69) is 15.5 Å². The summed E-state index contributed by atoms with van der Waals surface area (Å²) in [6.45, 7) is 4.40. The van der Waals surface area contributed by atoms with E-state index in [1.165, 1.54) is 30.0 Å². The number of hydrogen-bond donors (Lipinski definition) is 1. The molecule has 144 valence electrons. The van der Waals surface area contributed by atoms with Crippen molar-refractivity contribution in [2.24, 2.45) is 0 Å². The number of thioether (sulfide) groups is 1. The molecule has 1 amide bonds. The fourth-order valence-corrected chi connectivity index (χ4v) is 3.50. The number of carbonyl (C=O) groups excluding carboxylic acids is 1. The fourth-order valence-electron chi connectivity index (χ4n) is 2.70. The molecule has 0 atom stereocenters. The van der Waals surface area contributed by atoms with Gasteiger partial charge in [0.15, 0.2) is 11.0 Å². The summed E-state index contributed by atoms with van der Waals surface area (Å²) in [4.78, 5) is 22.7. The van der Waals surface area contributed by atoms with E-state index in [-0.39, 0.29) is 17.3 Å². The number of anilines is 1. The summed E-state index contributed by atoms with van der Waals surface area (Å²) in [7, 11) is 0. The highest BCUT2D eigenvalue weighted by atomic mass is 32.2. The summed E-state index contributed by atoms with van der Waals surface area (Å²) < 4.78 is 1.96. The molecule has 2 aromatic carbocycles. The number of aryl methyl sites for hydroxylation is 1. The van der Waals surface area contributed by atoms with Gasteiger partial charge in [0.1, 0.15) is 0 Å². The molecule has 0 aliphatic rings. The SMILES string of the molecule is CCn1c(SCC(=O)Nc2ccc([N+](=O)[O-])cc2C)nnc1-c1ccccc1. The number of nitrogens with zero attached hydrogens (tertiary/aromatic N) is 4. The zero-order valence-electron chi connectivity index (χ0n) is 15.5. The normalized spacial score (nSPS) is 10.6. The smallest absolute Gasteiger partial charge is 0.269 e. The van der Waals surface area contributed by atoms with Crippen LogP contribution in [-0.4, -0.2) is 31.3 Å². The van der Waals surface area contributed by atoms with E-state index in [1.807, 2.05) is 41.8 Å². The number of nitrogens with one attached hydrogen (secondary N) is 1. The standard InChI is InChI=1S/C19H19N5O3S/c1-3-23-18(14-7-5-4-6-8-14)21-22-19(23)28-12-17(25)20-16-10-9-15(24(26)27)11-13(16)2/h4-11H,3,12H2,1-2H3,(H,20,25). The Bertz CT molecular complexity index is 1000. The van der Waals surface area contributed by atoms with Crippen LogP contribution < -0.4 is 5.32 Å². The summed E-state index contributed by atoms with van der Waals surface area (Å²) in [6, 6.07) is 14.1. The van der Waals surface area contributed by atoms with Crippen LogP contribution >= 0.6 is 11.8 Å². The van der Waals surface area contributed by atoms with Gasteiger partial charge < -0.3 is 9.88 Å². The van der Waals surface area contributed by atoms with Crippen LogP contribution in [-0.2, 0) is 11.3 Å². The molecule has 0 saturated carbocycles. The lowest BCUT2D eigenvalue weighted by molar-refractivity contribution is -0.384. The minimum Gasteiger partial charge on any atom is -0.325 e. The lowest BCUT2D eigenvalue weighted by Crippen LogP contribution is -2.15. The van der Waals surface area contributed by atoms with Gasteiger partial charge in [-0.15, -0.1) is 10.2 Å². The highest BCUT2D eigenvalue weighted by Gasteiger charge is 2.15. The van der Waals surface area contributed by atoms with E-state index < -0.39 is 4.92 Å². The minimum atomic E-state index is -0.462. The van der Waals surface area contributed by atoms with Crippen molar-refractivity contribution in [2.75, 3.05) is 11.1 Å². The van der Waals surface area contributed by atoms with Gasteiger partial charge in [0, 0.05) is 29.9 Å². The third-order valence-corrected chi connectivity index (χ3v) is 5.06. The first kappa shape index (κ1) is 19.6. The van der Waals surface area contributed by atoms with E-state index in [0.29, 0.717) is 23.0 Å². The molecule has 0 aliphatic heterocycles. The predicted octanol–water partition coefficient (Wildman–Crippen LogP) is 3.91. The molecule has 1 aromatic heterocycles. The second kappa shape index (κ2) is 8.66. The second-order valence-electron chi connectivity index (χ2n) is 6.01. The number of benzene rings is 2. The van der Waals surface area contributed by atoms with Gasteiger partial charge in [0.25, 0.3) is 5.69 Å². The number of hydrogen-bond acceptors (Lipinski definition) is 6. The Hall–Kier alpha value is -3.20. The largest absolute Gasteiger partial charge is 0.325 e. The number of amides is 1. The van der Waals surface area contributed by atoms with Gasteiger partial charge in [-0.1, -0.05) is 42.1 Å². The molecule has 3 rings (SSSR count). The Kier molecular flexibility index (Phi) is 6.05. The number of non-ortho nitro benzene ring substituents is 1. The summed E-state index contributed by atoms with van der Waals surface area (Å²) in [5.74, 6) is 0.703. The fraction of sp³-hybridized carbons (Fsp3) is 0.211. The highest BCUT2D eigenvalue weighted by Crippen LogP contribution is 2.25. The average Bonchev–Trinajstić information content (AvgIpc) is 3.11. The molecule has 0 aliphatic carbocycles. The van der Waals surface area contributed by atoms with Crippen molar-refractivity contribution in [3.05, 3.63) is 64.2 Å². The Morgan fingerprint density at radius 1 is 1.21 bits per heavy atom. The van der Waals surface area contributed by atoms with Crippen LogP contribution in [0.3, 0.4) is 0 Å². The van der Waals surface area contributed by atoms with E-state index in [9.17, 15) is 14.9 Å². The summed E-state index contributed by atoms with van der Waals surface area (Å²) in [6.07, 6.45) is 0. The molecular weight excluding hydrogens is 378 g/mol. The van der Waals surface area contributed by atoms with Crippen molar-refractivity contribution in [3.63, 3.8) is 0 Å². The number of carbonyl (C=O) groups is 1. The molecule has 0 unspecified atom stereocenters. The minimum absolute atomic E-state index is 0.00522. The van der Waals surface area contributed by atoms with Crippen LogP contribution in [0.4, 0.5) is 11.4 Å². The maximum absolute atomic E-state index is 12.3. The molecule has 0 bridgehead atoms. The van der Waals surface area contributed by atoms with E-state index in [0.717, 1.165) is 11.4 Å². The number of rotatable bonds is 7. The van der Waals surface area contributed by atoms with Gasteiger partial charge in [-0.2, -0.15) is 0 Å². The predicted molar refractivity (Wildman–Crippen MR) is 108 cm³/mol. The number of nitro groups is 1. The molecule has 0 fully saturated rings. The van der Waals surface area contributed by atoms with Crippen LogP contribution in [0.5, 0.6) is 0 Å². The van der Waals surface area contributed by atoms with Gasteiger partial charge >= 0.3 is 0 Å². The zero-order chi connectivity index (χ0) is 20.1. The van der Waals surface area contributed by atoms with Crippen molar-refractivity contribution in [1.29, 1.82) is 0 Å². The first-order valence-electron chi connectivity index (χ1n) is 8.66. The molecule has 0 saturated heterocycles. The summed E-state index contributed by atoms with van der Waals surface area (Å²) in [5, 5.41) is 22.7. The van der Waals surface area contributed by atoms with Crippen molar-refractivity contribution in [1.82, 2.24) is 14.8 Å². The van der Waals surface area contributed by atoms with Gasteiger partial charge in [-0.25, -0.2) is 0 Å². The van der Waals surface area contributed by atoms with Crippen molar-refractivity contribution in [2.45, 2.75) is 25.5 Å². The molecule has 0 radical (unpaired) electrons. The first-order valence-corrected chi connectivity index (χ1v) is 9.64. The topological polar surface area (TPSA) is 103 Å². The number of aromatic nitrogens is 3. The van der Waals surface area contributed by atoms with Crippen LogP contribution in [0.15, 0.2) is 53.7 Å². The third-order valence-electron chi connectivity index (χ3n) is 4.09. The van der Waals surface area contributed by atoms with E-state index >= 15 is 0 Å². The van der Waals surface area contributed by atoms with Gasteiger partial charge in [-0.05, 0) is 25.5 Å². The van der Waals surface area contributed by atoms with Crippen LogP contribution in [0.2, 0.25) is 0 Å². The van der Waals surface area contributed by atoms with Crippen LogP contribution in [0.1, 0.15) is 12.5 Å². The molecule has 1 heterocycles. The molecular formula is C19H19N5O3S. The Morgan fingerprint density at radius 2 is 1.96 bits per heavy atom. The quantitative estimate of drug-likeness (QED) is 0.368. The van der Waals surface area contributed by atoms with Crippen molar-refractivity contribution < 1.29 is 9.72 Å². The first-order chi connectivity index (χ1) is 13.5. The Labute approximate surface area is 166 Å². The Balaban J connectivity index is 1.67. The van der Waals surface area contributed by atoms with Gasteiger partial charge in [0.05, 0.1) is 10.7 Å². The van der Waals surface area contributed by atoms with Crippen LogP contribution in [0, 0.1) is 17.0 Å².